The molecule has 0 bridgehead atoms. The van der Waals surface area contributed by atoms with Gasteiger partial charge in [-0.05, 0) is 116 Å². The fourth-order valence-corrected chi connectivity index (χ4v) is 8.81. The van der Waals surface area contributed by atoms with Crippen LogP contribution in [0.15, 0.2) is 23.8 Å². The van der Waals surface area contributed by atoms with Crippen molar-refractivity contribution in [2.24, 2.45) is 45.8 Å². The molecule has 4 aliphatic carbocycles. The molecule has 1 heteroatoms. The Hall–Kier alpha value is -0.560. The van der Waals surface area contributed by atoms with E-state index in [1.54, 1.807) is 5.57 Å². The number of aliphatic hydroxyl groups is 1. The van der Waals surface area contributed by atoms with Crippen LogP contribution in [0.4, 0.5) is 0 Å². The summed E-state index contributed by atoms with van der Waals surface area (Å²) in [6.45, 7) is 19.3. The van der Waals surface area contributed by atoms with Crippen LogP contribution in [0, 0.1) is 45.8 Å². The highest BCUT2D eigenvalue weighted by Gasteiger charge is 2.59. The van der Waals surface area contributed by atoms with Crippen LogP contribution in [0.3, 0.4) is 0 Å². The fraction of sp³-hybridized carbons (Fsp3) is 0.867. The molecule has 1 nitrogen and oxygen atoms in total. The van der Waals surface area contributed by atoms with Gasteiger partial charge in [0.05, 0.1) is 6.10 Å². The largest absolute Gasteiger partial charge is 0.393 e. The average Bonchev–Trinajstić information content (AvgIpc) is 3.09. The summed E-state index contributed by atoms with van der Waals surface area (Å²) < 4.78 is 0. The smallest absolute Gasteiger partial charge is 0.0577 e. The predicted molar refractivity (Wildman–Crippen MR) is 133 cm³/mol. The molecular formula is C30H50O. The minimum atomic E-state index is -0.0890. The Morgan fingerprint density at radius 2 is 1.90 bits per heavy atom. The number of hydrogen-bond donors (Lipinski definition) is 1. The molecule has 0 spiro atoms. The molecular weight excluding hydrogens is 376 g/mol. The summed E-state index contributed by atoms with van der Waals surface area (Å²) >= 11 is 0. The molecule has 4 rings (SSSR count). The molecule has 4 aliphatic rings. The number of allylic oxidation sites excluding steroid dienone is 2. The van der Waals surface area contributed by atoms with Gasteiger partial charge in [-0.15, -0.1) is 0 Å². The van der Waals surface area contributed by atoms with Crippen LogP contribution in [0.25, 0.3) is 0 Å². The minimum absolute atomic E-state index is 0.0890. The van der Waals surface area contributed by atoms with Crippen molar-refractivity contribution in [2.75, 3.05) is 0 Å². The van der Waals surface area contributed by atoms with Crippen LogP contribution in [0.5, 0.6) is 0 Å². The Kier molecular flexibility index (Phi) is 6.35. The van der Waals surface area contributed by atoms with Crippen LogP contribution in [-0.4, -0.2) is 11.2 Å². The van der Waals surface area contributed by atoms with Crippen LogP contribution >= 0.6 is 0 Å². The van der Waals surface area contributed by atoms with Crippen molar-refractivity contribution in [1.29, 1.82) is 0 Å². The Morgan fingerprint density at radius 3 is 2.61 bits per heavy atom. The average molecular weight is 427 g/mol. The maximum absolute atomic E-state index is 10.3. The van der Waals surface area contributed by atoms with Crippen molar-refractivity contribution in [2.45, 2.75) is 118 Å². The maximum Gasteiger partial charge on any atom is 0.0577 e. The first kappa shape index (κ1) is 23.6. The van der Waals surface area contributed by atoms with Gasteiger partial charge in [0.25, 0.3) is 0 Å². The first-order valence-electron chi connectivity index (χ1n) is 13.6. The molecule has 0 unspecified atom stereocenters. The van der Waals surface area contributed by atoms with Gasteiger partial charge in [-0.1, -0.05) is 65.3 Å². The Labute approximate surface area is 193 Å². The van der Waals surface area contributed by atoms with E-state index in [4.69, 9.17) is 0 Å². The lowest BCUT2D eigenvalue weighted by Crippen LogP contribution is -2.50. The van der Waals surface area contributed by atoms with Gasteiger partial charge in [0.1, 0.15) is 0 Å². The molecule has 0 aromatic carbocycles. The summed E-state index contributed by atoms with van der Waals surface area (Å²) in [5, 5.41) is 10.3. The van der Waals surface area contributed by atoms with E-state index in [9.17, 15) is 5.11 Å². The topological polar surface area (TPSA) is 20.2 Å². The SMILES string of the molecule is C=C(CC[C@@H](C)[C@H]1CC[C@H]2[C@@H]3CC=C4C[C@@H](O)CC[C@]4(C)[C@H]3CC[C@]12C)C(C)(C)CC. The summed E-state index contributed by atoms with van der Waals surface area (Å²) in [5.74, 6) is 4.36. The summed E-state index contributed by atoms with van der Waals surface area (Å²) in [6, 6.07) is 0. The molecule has 31 heavy (non-hydrogen) atoms. The van der Waals surface area contributed by atoms with E-state index in [0.29, 0.717) is 10.8 Å². The zero-order valence-electron chi connectivity index (χ0n) is 21.5. The highest BCUT2D eigenvalue weighted by Crippen LogP contribution is 2.67. The molecule has 0 saturated heterocycles. The normalized spacial score (nSPS) is 43.5. The Bertz CT molecular complexity index is 716. The summed E-state index contributed by atoms with van der Waals surface area (Å²) in [4.78, 5) is 0. The maximum atomic E-state index is 10.3. The Balaban J connectivity index is 1.46. The number of fused-ring (bicyclic) bond motifs is 5. The van der Waals surface area contributed by atoms with E-state index < -0.39 is 0 Å². The van der Waals surface area contributed by atoms with Crippen LogP contribution in [-0.2, 0) is 0 Å². The first-order valence-corrected chi connectivity index (χ1v) is 13.6. The summed E-state index contributed by atoms with van der Waals surface area (Å²) in [6.07, 6.45) is 16.4. The molecule has 3 saturated carbocycles. The predicted octanol–water partition coefficient (Wildman–Crippen LogP) is 8.34. The second kappa shape index (κ2) is 8.34. The summed E-state index contributed by atoms with van der Waals surface area (Å²) in [7, 11) is 0. The first-order chi connectivity index (χ1) is 14.5. The van der Waals surface area contributed by atoms with E-state index >= 15 is 0 Å². The third-order valence-corrected chi connectivity index (χ3v) is 11.6. The summed E-state index contributed by atoms with van der Waals surface area (Å²) in [5.41, 5.74) is 4.27. The van der Waals surface area contributed by atoms with Gasteiger partial charge in [-0.25, -0.2) is 0 Å². The van der Waals surface area contributed by atoms with Gasteiger partial charge in [0, 0.05) is 0 Å². The molecule has 176 valence electrons. The lowest BCUT2D eigenvalue weighted by Gasteiger charge is -2.58. The lowest BCUT2D eigenvalue weighted by atomic mass is 9.47. The van der Waals surface area contributed by atoms with Gasteiger partial charge < -0.3 is 5.11 Å². The van der Waals surface area contributed by atoms with Crippen molar-refractivity contribution in [3.63, 3.8) is 0 Å². The molecule has 3 fully saturated rings. The molecule has 1 N–H and O–H groups in total. The van der Waals surface area contributed by atoms with Gasteiger partial charge in [0.2, 0.25) is 0 Å². The van der Waals surface area contributed by atoms with Crippen molar-refractivity contribution in [3.8, 4) is 0 Å². The highest BCUT2D eigenvalue weighted by atomic mass is 16.3. The molecule has 0 aromatic heterocycles. The second-order valence-corrected chi connectivity index (χ2v) is 13.2. The zero-order valence-corrected chi connectivity index (χ0v) is 21.5. The highest BCUT2D eigenvalue weighted by molar-refractivity contribution is 5.25. The van der Waals surface area contributed by atoms with Crippen molar-refractivity contribution >= 4 is 0 Å². The quantitative estimate of drug-likeness (QED) is 0.423. The van der Waals surface area contributed by atoms with E-state index in [2.05, 4.69) is 54.2 Å². The molecule has 0 aromatic rings. The van der Waals surface area contributed by atoms with Gasteiger partial charge in [-0.2, -0.15) is 0 Å². The van der Waals surface area contributed by atoms with Crippen LogP contribution < -0.4 is 0 Å². The monoisotopic (exact) mass is 426 g/mol. The second-order valence-electron chi connectivity index (χ2n) is 13.2. The zero-order chi connectivity index (χ0) is 22.6. The van der Waals surface area contributed by atoms with E-state index in [1.165, 1.54) is 63.4 Å². The fourth-order valence-electron chi connectivity index (χ4n) is 8.81. The van der Waals surface area contributed by atoms with Crippen LogP contribution in [0.2, 0.25) is 0 Å². The van der Waals surface area contributed by atoms with Gasteiger partial charge >= 0.3 is 0 Å². The number of rotatable bonds is 6. The van der Waals surface area contributed by atoms with Gasteiger partial charge in [-0.3, -0.25) is 0 Å². The third-order valence-electron chi connectivity index (χ3n) is 11.6. The molecule has 0 aliphatic heterocycles. The number of hydrogen-bond acceptors (Lipinski definition) is 1. The molecule has 0 radical (unpaired) electrons. The Morgan fingerprint density at radius 1 is 1.16 bits per heavy atom. The van der Waals surface area contributed by atoms with Crippen LogP contribution in [0.1, 0.15) is 112 Å². The van der Waals surface area contributed by atoms with E-state index in [1.807, 2.05) is 0 Å². The number of aliphatic hydroxyl groups excluding tert-OH is 1. The third kappa shape index (κ3) is 3.89. The van der Waals surface area contributed by atoms with Crippen molar-refractivity contribution < 1.29 is 5.11 Å². The molecule has 0 amide bonds. The standard InChI is InChI=1S/C30H50O/c1-8-28(4,5)21(3)10-9-20(2)25-13-14-26-24-12-11-22-19-23(31)15-17-29(22,6)27(24)16-18-30(25,26)7/h11,20,23-27,31H,3,8-10,12-19H2,1-2,4-7H3/t20-,23+,24+,25-,26+,27+,29+,30-/m1/s1. The van der Waals surface area contributed by atoms with Crippen molar-refractivity contribution in [1.82, 2.24) is 0 Å². The van der Waals surface area contributed by atoms with E-state index in [0.717, 1.165) is 42.4 Å². The molecule has 8 atom stereocenters. The van der Waals surface area contributed by atoms with Gasteiger partial charge in [0.15, 0.2) is 0 Å². The molecule has 0 heterocycles. The lowest BCUT2D eigenvalue weighted by molar-refractivity contribution is -0.0571. The van der Waals surface area contributed by atoms with E-state index in [-0.39, 0.29) is 11.5 Å². The minimum Gasteiger partial charge on any atom is -0.393 e. The van der Waals surface area contributed by atoms with Crippen molar-refractivity contribution in [3.05, 3.63) is 23.8 Å².